The second-order valence-electron chi connectivity index (χ2n) is 4.82. The van der Waals surface area contributed by atoms with Gasteiger partial charge >= 0.3 is 5.97 Å². The van der Waals surface area contributed by atoms with Gasteiger partial charge in [0.1, 0.15) is 0 Å². The smallest absolute Gasteiger partial charge is 0.361 e. The van der Waals surface area contributed by atoms with E-state index in [1.54, 1.807) is 31.2 Å². The summed E-state index contributed by atoms with van der Waals surface area (Å²) in [5, 5.41) is 11.3. The van der Waals surface area contributed by atoms with E-state index in [2.05, 4.69) is 15.5 Å². The van der Waals surface area contributed by atoms with Gasteiger partial charge in [0.05, 0.1) is 18.0 Å². The molecule has 0 unspecified atom stereocenters. The Balaban J connectivity index is 1.99. The second-order valence-corrected chi connectivity index (χ2v) is 5.26. The zero-order valence-corrected chi connectivity index (χ0v) is 14.0. The van der Waals surface area contributed by atoms with E-state index < -0.39 is 18.5 Å². The van der Waals surface area contributed by atoms with Crippen molar-refractivity contribution in [1.29, 1.82) is 0 Å². The Morgan fingerprint density at radius 3 is 2.83 bits per heavy atom. The molecule has 2 aromatic rings. The Kier molecular flexibility index (Phi) is 6.28. The molecule has 2 rings (SSSR count). The first kappa shape index (κ1) is 17.9. The van der Waals surface area contributed by atoms with Crippen LogP contribution in [0.15, 0.2) is 24.3 Å². The summed E-state index contributed by atoms with van der Waals surface area (Å²) in [6.07, 6.45) is 0. The maximum atomic E-state index is 12.0. The molecule has 0 spiro atoms. The summed E-state index contributed by atoms with van der Waals surface area (Å²) < 4.78 is 9.74. The number of ether oxygens (including phenoxy) is 2. The number of nitrogens with one attached hydrogen (secondary N) is 1. The van der Waals surface area contributed by atoms with Gasteiger partial charge < -0.3 is 14.8 Å². The minimum Gasteiger partial charge on any atom is -0.451 e. The molecular weight excluding hydrogens is 336 g/mol. The van der Waals surface area contributed by atoms with Crippen LogP contribution in [0.3, 0.4) is 0 Å². The van der Waals surface area contributed by atoms with Crippen molar-refractivity contribution >= 4 is 23.5 Å². The van der Waals surface area contributed by atoms with Crippen LogP contribution < -0.4 is 5.32 Å². The van der Waals surface area contributed by atoms with Gasteiger partial charge in [0.15, 0.2) is 12.3 Å². The molecule has 1 aromatic heterocycles. The molecule has 0 radical (unpaired) electrons. The van der Waals surface area contributed by atoms with Crippen LogP contribution in [0.5, 0.6) is 0 Å². The van der Waals surface area contributed by atoms with E-state index in [9.17, 15) is 9.59 Å². The number of esters is 1. The van der Waals surface area contributed by atoms with Crippen LogP contribution in [-0.4, -0.2) is 53.7 Å². The highest BCUT2D eigenvalue weighted by molar-refractivity contribution is 6.30. The van der Waals surface area contributed by atoms with Crippen molar-refractivity contribution in [2.75, 3.05) is 26.9 Å². The summed E-state index contributed by atoms with van der Waals surface area (Å²) in [6, 6.07) is 6.89. The Labute approximate surface area is 143 Å². The van der Waals surface area contributed by atoms with Crippen LogP contribution in [-0.2, 0) is 14.3 Å². The lowest BCUT2D eigenvalue weighted by Crippen LogP contribution is -2.31. The molecule has 1 N–H and O–H groups in total. The van der Waals surface area contributed by atoms with Crippen molar-refractivity contribution in [3.63, 3.8) is 0 Å². The van der Waals surface area contributed by atoms with Crippen LogP contribution in [0, 0.1) is 6.92 Å². The highest BCUT2D eigenvalue weighted by Crippen LogP contribution is 2.14. The molecule has 0 fully saturated rings. The Morgan fingerprint density at radius 2 is 2.12 bits per heavy atom. The Morgan fingerprint density at radius 1 is 1.33 bits per heavy atom. The SMILES string of the molecule is COCCNC(=O)COC(=O)c1nn(-c2cccc(Cl)c2)nc1C. The number of nitrogens with zero attached hydrogens (tertiary/aromatic N) is 3. The second kappa shape index (κ2) is 8.42. The molecule has 24 heavy (non-hydrogen) atoms. The fourth-order valence-electron chi connectivity index (χ4n) is 1.83. The fourth-order valence-corrected chi connectivity index (χ4v) is 2.01. The van der Waals surface area contributed by atoms with E-state index in [0.29, 0.717) is 29.6 Å². The van der Waals surface area contributed by atoms with Gasteiger partial charge in [0, 0.05) is 18.7 Å². The maximum absolute atomic E-state index is 12.0. The van der Waals surface area contributed by atoms with Gasteiger partial charge in [0.2, 0.25) is 0 Å². The summed E-state index contributed by atoms with van der Waals surface area (Å²) in [4.78, 5) is 24.8. The summed E-state index contributed by atoms with van der Waals surface area (Å²) in [6.45, 7) is 1.96. The molecule has 0 atom stereocenters. The van der Waals surface area contributed by atoms with Gasteiger partial charge in [-0.15, -0.1) is 5.10 Å². The zero-order valence-electron chi connectivity index (χ0n) is 13.3. The topological polar surface area (TPSA) is 95.3 Å². The zero-order chi connectivity index (χ0) is 17.5. The summed E-state index contributed by atoms with van der Waals surface area (Å²) in [5.74, 6) is -1.14. The van der Waals surface area contributed by atoms with Crippen LogP contribution in [0.4, 0.5) is 0 Å². The van der Waals surface area contributed by atoms with Crippen LogP contribution in [0.1, 0.15) is 16.2 Å². The molecule has 0 saturated heterocycles. The average Bonchev–Trinajstić information content (AvgIpc) is 2.95. The summed E-state index contributed by atoms with van der Waals surface area (Å²) in [5.41, 5.74) is 1.04. The summed E-state index contributed by atoms with van der Waals surface area (Å²) in [7, 11) is 1.53. The monoisotopic (exact) mass is 352 g/mol. The van der Waals surface area contributed by atoms with Gasteiger partial charge in [0.25, 0.3) is 5.91 Å². The number of rotatable bonds is 7. The fraction of sp³-hybridized carbons (Fsp3) is 0.333. The molecule has 0 aliphatic heterocycles. The van der Waals surface area contributed by atoms with Gasteiger partial charge in [-0.05, 0) is 25.1 Å². The number of benzene rings is 1. The third-order valence-corrected chi connectivity index (χ3v) is 3.21. The molecular formula is C15H17ClN4O4. The van der Waals surface area contributed by atoms with E-state index in [1.165, 1.54) is 11.9 Å². The lowest BCUT2D eigenvalue weighted by atomic mass is 10.3. The number of amides is 1. The highest BCUT2D eigenvalue weighted by atomic mass is 35.5. The molecule has 128 valence electrons. The van der Waals surface area contributed by atoms with Crippen molar-refractivity contribution in [2.45, 2.75) is 6.92 Å². The predicted molar refractivity (Wildman–Crippen MR) is 86.3 cm³/mol. The van der Waals surface area contributed by atoms with Gasteiger partial charge in [-0.1, -0.05) is 17.7 Å². The van der Waals surface area contributed by atoms with Crippen LogP contribution in [0.25, 0.3) is 5.69 Å². The van der Waals surface area contributed by atoms with Crippen LogP contribution >= 0.6 is 11.6 Å². The minimum atomic E-state index is -0.720. The number of methoxy groups -OCH3 is 1. The largest absolute Gasteiger partial charge is 0.451 e. The van der Waals surface area contributed by atoms with E-state index in [4.69, 9.17) is 21.1 Å². The standard InChI is InChI=1S/C15H17ClN4O4/c1-10-14(15(22)24-9-13(21)17-6-7-23-2)19-20(18-10)12-5-3-4-11(16)8-12/h3-5,8H,6-7,9H2,1-2H3,(H,17,21). The lowest BCUT2D eigenvalue weighted by Gasteiger charge is -2.05. The first-order chi connectivity index (χ1) is 11.5. The molecule has 8 nitrogen and oxygen atoms in total. The van der Waals surface area contributed by atoms with E-state index >= 15 is 0 Å². The van der Waals surface area contributed by atoms with Crippen molar-refractivity contribution in [2.24, 2.45) is 0 Å². The summed E-state index contributed by atoms with van der Waals surface area (Å²) >= 11 is 5.93. The number of carbonyl (C=O) groups excluding carboxylic acids is 2. The molecule has 0 saturated carbocycles. The number of hydrogen-bond acceptors (Lipinski definition) is 6. The normalized spacial score (nSPS) is 10.5. The number of aromatic nitrogens is 3. The first-order valence-electron chi connectivity index (χ1n) is 7.14. The maximum Gasteiger partial charge on any atom is 0.361 e. The minimum absolute atomic E-state index is 0.0414. The Bertz CT molecular complexity index is 732. The quantitative estimate of drug-likeness (QED) is 0.593. The van der Waals surface area contributed by atoms with Gasteiger partial charge in [-0.25, -0.2) is 4.79 Å². The molecule has 0 bridgehead atoms. The van der Waals surface area contributed by atoms with E-state index in [0.717, 1.165) is 0 Å². The van der Waals surface area contributed by atoms with Crippen molar-refractivity contribution in [3.05, 3.63) is 40.7 Å². The number of aryl methyl sites for hydroxylation is 1. The molecule has 1 aromatic carbocycles. The predicted octanol–water partition coefficient (Wildman–Crippen LogP) is 1.15. The molecule has 1 heterocycles. The molecule has 0 aliphatic rings. The van der Waals surface area contributed by atoms with Crippen molar-refractivity contribution < 1.29 is 19.1 Å². The first-order valence-corrected chi connectivity index (χ1v) is 7.51. The van der Waals surface area contributed by atoms with Crippen molar-refractivity contribution in [1.82, 2.24) is 20.3 Å². The van der Waals surface area contributed by atoms with Crippen LogP contribution in [0.2, 0.25) is 5.02 Å². The van der Waals surface area contributed by atoms with Crippen molar-refractivity contribution in [3.8, 4) is 5.69 Å². The molecule has 9 heteroatoms. The third-order valence-electron chi connectivity index (χ3n) is 2.98. The van der Waals surface area contributed by atoms with Gasteiger partial charge in [-0.2, -0.15) is 9.90 Å². The third kappa shape index (κ3) is 4.77. The number of halogens is 1. The van der Waals surface area contributed by atoms with Gasteiger partial charge in [-0.3, -0.25) is 4.79 Å². The number of carbonyl (C=O) groups is 2. The average molecular weight is 353 g/mol. The number of hydrogen-bond donors (Lipinski definition) is 1. The lowest BCUT2D eigenvalue weighted by molar-refractivity contribution is -0.124. The highest BCUT2D eigenvalue weighted by Gasteiger charge is 2.19. The molecule has 0 aliphatic carbocycles. The van der Waals surface area contributed by atoms with E-state index in [-0.39, 0.29) is 5.69 Å². The molecule has 1 amide bonds. The Hall–Kier alpha value is -2.45. The van der Waals surface area contributed by atoms with E-state index in [1.807, 2.05) is 0 Å².